The fourth-order valence-electron chi connectivity index (χ4n) is 1.66. The Labute approximate surface area is 98.6 Å². The Hall–Kier alpha value is -2.10. The van der Waals surface area contributed by atoms with Crippen molar-refractivity contribution >= 4 is 22.7 Å². The number of ether oxygens (including phenoxy) is 1. The first kappa shape index (κ1) is 11.4. The third kappa shape index (κ3) is 2.20. The summed E-state index contributed by atoms with van der Waals surface area (Å²) >= 11 is 0. The van der Waals surface area contributed by atoms with Crippen LogP contribution in [0.1, 0.15) is 34.7 Å². The van der Waals surface area contributed by atoms with E-state index in [1.807, 2.05) is 6.07 Å². The standard InChI is InChI=1S/C13H13NO3/c1-3-17-13(16)12-7-10-5-4-9(8(2)15)6-11(10)14-12/h4-7,14H,3H2,1-2H3. The normalized spacial score (nSPS) is 10.5. The molecule has 1 N–H and O–H groups in total. The minimum Gasteiger partial charge on any atom is -0.461 e. The monoisotopic (exact) mass is 231 g/mol. The highest BCUT2D eigenvalue weighted by Gasteiger charge is 2.10. The van der Waals surface area contributed by atoms with Crippen LogP contribution in [0.3, 0.4) is 0 Å². The van der Waals surface area contributed by atoms with Crippen LogP contribution in [0.25, 0.3) is 10.9 Å². The van der Waals surface area contributed by atoms with E-state index in [1.165, 1.54) is 6.92 Å². The van der Waals surface area contributed by atoms with Crippen molar-refractivity contribution in [1.29, 1.82) is 0 Å². The van der Waals surface area contributed by atoms with Crippen LogP contribution < -0.4 is 0 Å². The van der Waals surface area contributed by atoms with Gasteiger partial charge in [0.15, 0.2) is 5.78 Å². The minimum atomic E-state index is -0.381. The molecule has 0 radical (unpaired) electrons. The van der Waals surface area contributed by atoms with E-state index in [4.69, 9.17) is 4.74 Å². The zero-order chi connectivity index (χ0) is 12.4. The number of ketones is 1. The molecule has 0 saturated carbocycles. The highest BCUT2D eigenvalue weighted by atomic mass is 16.5. The van der Waals surface area contributed by atoms with Crippen molar-refractivity contribution < 1.29 is 14.3 Å². The largest absolute Gasteiger partial charge is 0.461 e. The molecular weight excluding hydrogens is 218 g/mol. The predicted molar refractivity (Wildman–Crippen MR) is 64.3 cm³/mol. The average molecular weight is 231 g/mol. The lowest BCUT2D eigenvalue weighted by Crippen LogP contribution is -2.04. The Kier molecular flexibility index (Phi) is 2.95. The molecule has 1 aromatic carbocycles. The van der Waals surface area contributed by atoms with Gasteiger partial charge >= 0.3 is 5.97 Å². The number of hydrogen-bond donors (Lipinski definition) is 1. The van der Waals surface area contributed by atoms with Crippen LogP contribution in [0.15, 0.2) is 24.3 Å². The topological polar surface area (TPSA) is 59.2 Å². The number of aromatic nitrogens is 1. The van der Waals surface area contributed by atoms with Crippen molar-refractivity contribution in [1.82, 2.24) is 4.98 Å². The molecule has 1 aromatic heterocycles. The number of aromatic amines is 1. The summed E-state index contributed by atoms with van der Waals surface area (Å²) in [6.45, 7) is 3.61. The number of nitrogens with one attached hydrogen (secondary N) is 1. The van der Waals surface area contributed by atoms with Gasteiger partial charge < -0.3 is 9.72 Å². The van der Waals surface area contributed by atoms with E-state index in [-0.39, 0.29) is 11.8 Å². The van der Waals surface area contributed by atoms with Gasteiger partial charge in [-0.05, 0) is 26.0 Å². The summed E-state index contributed by atoms with van der Waals surface area (Å²) in [7, 11) is 0. The molecule has 0 aliphatic rings. The predicted octanol–water partition coefficient (Wildman–Crippen LogP) is 2.55. The van der Waals surface area contributed by atoms with Crippen molar-refractivity contribution in [2.75, 3.05) is 6.61 Å². The molecule has 0 bridgehead atoms. The maximum Gasteiger partial charge on any atom is 0.354 e. The number of carbonyl (C=O) groups excluding carboxylic acids is 2. The van der Waals surface area contributed by atoms with Gasteiger partial charge in [-0.25, -0.2) is 4.79 Å². The molecule has 4 nitrogen and oxygen atoms in total. The molecule has 0 spiro atoms. The number of rotatable bonds is 3. The first-order chi connectivity index (χ1) is 8.11. The number of benzene rings is 1. The van der Waals surface area contributed by atoms with E-state index >= 15 is 0 Å². The Morgan fingerprint density at radius 1 is 1.29 bits per heavy atom. The molecule has 1 heterocycles. The molecule has 2 rings (SSSR count). The van der Waals surface area contributed by atoms with Gasteiger partial charge in [0.05, 0.1) is 6.61 Å². The second-order valence-electron chi connectivity index (χ2n) is 3.76. The lowest BCUT2D eigenvalue weighted by Gasteiger charge is -1.97. The van der Waals surface area contributed by atoms with Gasteiger partial charge in [0.25, 0.3) is 0 Å². The number of carbonyl (C=O) groups is 2. The summed E-state index contributed by atoms with van der Waals surface area (Å²) in [6.07, 6.45) is 0. The summed E-state index contributed by atoms with van der Waals surface area (Å²) in [6, 6.07) is 7.01. The van der Waals surface area contributed by atoms with Gasteiger partial charge in [-0.2, -0.15) is 0 Å². The lowest BCUT2D eigenvalue weighted by molar-refractivity contribution is 0.0520. The van der Waals surface area contributed by atoms with Crippen LogP contribution in [-0.2, 0) is 4.74 Å². The summed E-state index contributed by atoms with van der Waals surface area (Å²) in [5.74, 6) is -0.382. The van der Waals surface area contributed by atoms with Crippen molar-refractivity contribution in [2.45, 2.75) is 13.8 Å². The van der Waals surface area contributed by atoms with E-state index < -0.39 is 0 Å². The summed E-state index contributed by atoms with van der Waals surface area (Å²) < 4.78 is 4.90. The molecule has 0 aliphatic carbocycles. The average Bonchev–Trinajstić information content (AvgIpc) is 2.71. The fraction of sp³-hybridized carbons (Fsp3) is 0.231. The third-order valence-electron chi connectivity index (χ3n) is 2.52. The SMILES string of the molecule is CCOC(=O)c1cc2ccc(C(C)=O)cc2[nH]1. The van der Waals surface area contributed by atoms with Crippen LogP contribution in [0, 0.1) is 0 Å². The summed E-state index contributed by atoms with van der Waals surface area (Å²) in [5.41, 5.74) is 1.79. The minimum absolute atomic E-state index is 0.000755. The number of Topliss-reactive ketones (excluding diaryl/α,β-unsaturated/α-hetero) is 1. The third-order valence-corrected chi connectivity index (χ3v) is 2.52. The van der Waals surface area contributed by atoms with E-state index in [1.54, 1.807) is 25.1 Å². The first-order valence-electron chi connectivity index (χ1n) is 5.42. The van der Waals surface area contributed by atoms with E-state index in [9.17, 15) is 9.59 Å². The maximum atomic E-state index is 11.5. The first-order valence-corrected chi connectivity index (χ1v) is 5.42. The van der Waals surface area contributed by atoms with Crippen LogP contribution in [0.4, 0.5) is 0 Å². The van der Waals surface area contributed by atoms with Crippen molar-refractivity contribution in [3.05, 3.63) is 35.5 Å². The van der Waals surface area contributed by atoms with Gasteiger partial charge in [0.2, 0.25) is 0 Å². The second kappa shape index (κ2) is 4.41. The molecule has 2 aromatic rings. The molecule has 0 fully saturated rings. The van der Waals surface area contributed by atoms with Gasteiger partial charge in [0, 0.05) is 16.5 Å². The maximum absolute atomic E-state index is 11.5. The van der Waals surface area contributed by atoms with Gasteiger partial charge in [-0.3, -0.25) is 4.79 Å². The smallest absolute Gasteiger partial charge is 0.354 e. The van der Waals surface area contributed by atoms with Gasteiger partial charge in [-0.1, -0.05) is 12.1 Å². The van der Waals surface area contributed by atoms with Crippen LogP contribution >= 0.6 is 0 Å². The van der Waals surface area contributed by atoms with Gasteiger partial charge in [-0.15, -0.1) is 0 Å². The van der Waals surface area contributed by atoms with Crippen molar-refractivity contribution in [2.24, 2.45) is 0 Å². The van der Waals surface area contributed by atoms with Crippen molar-refractivity contribution in [3.63, 3.8) is 0 Å². The molecule has 4 heteroatoms. The summed E-state index contributed by atoms with van der Waals surface area (Å²) in [4.78, 5) is 25.7. The molecule has 88 valence electrons. The lowest BCUT2D eigenvalue weighted by atomic mass is 10.1. The Morgan fingerprint density at radius 3 is 2.71 bits per heavy atom. The zero-order valence-electron chi connectivity index (χ0n) is 9.74. The Morgan fingerprint density at radius 2 is 2.06 bits per heavy atom. The summed E-state index contributed by atoms with van der Waals surface area (Å²) in [5, 5.41) is 0.887. The highest BCUT2D eigenvalue weighted by molar-refractivity contribution is 6.00. The number of H-pyrrole nitrogens is 1. The second-order valence-corrected chi connectivity index (χ2v) is 3.76. The molecular formula is C13H13NO3. The quantitative estimate of drug-likeness (QED) is 0.652. The highest BCUT2D eigenvalue weighted by Crippen LogP contribution is 2.18. The fourth-order valence-corrected chi connectivity index (χ4v) is 1.66. The van der Waals surface area contributed by atoms with E-state index in [2.05, 4.69) is 4.98 Å². The molecule has 0 aliphatic heterocycles. The molecule has 0 saturated heterocycles. The van der Waals surface area contributed by atoms with Crippen LogP contribution in [-0.4, -0.2) is 23.3 Å². The Bertz CT molecular complexity index is 583. The molecule has 17 heavy (non-hydrogen) atoms. The zero-order valence-corrected chi connectivity index (χ0v) is 9.74. The van der Waals surface area contributed by atoms with Gasteiger partial charge in [0.1, 0.15) is 5.69 Å². The van der Waals surface area contributed by atoms with Crippen LogP contribution in [0.5, 0.6) is 0 Å². The Balaban J connectivity index is 2.43. The molecule has 0 amide bonds. The number of esters is 1. The van der Waals surface area contributed by atoms with E-state index in [0.717, 1.165) is 10.9 Å². The number of fused-ring (bicyclic) bond motifs is 1. The molecule has 0 atom stereocenters. The van der Waals surface area contributed by atoms with Crippen LogP contribution in [0.2, 0.25) is 0 Å². The molecule has 0 unspecified atom stereocenters. The van der Waals surface area contributed by atoms with Crippen molar-refractivity contribution in [3.8, 4) is 0 Å². The van der Waals surface area contributed by atoms with E-state index in [0.29, 0.717) is 17.9 Å². The number of hydrogen-bond acceptors (Lipinski definition) is 3.